The molecule has 2 aromatic carbocycles. The Morgan fingerprint density at radius 1 is 0.500 bits per heavy atom. The summed E-state index contributed by atoms with van der Waals surface area (Å²) in [6.45, 7) is 5.22. The van der Waals surface area contributed by atoms with Crippen molar-refractivity contribution in [2.75, 3.05) is 0 Å². The van der Waals surface area contributed by atoms with Crippen LogP contribution >= 0.6 is 0 Å². The van der Waals surface area contributed by atoms with Gasteiger partial charge in [-0.05, 0) is 24.3 Å². The molecule has 0 unspecified atom stereocenters. The van der Waals surface area contributed by atoms with Gasteiger partial charge in [0.05, 0.1) is 0 Å². The van der Waals surface area contributed by atoms with Gasteiger partial charge < -0.3 is 18.9 Å². The lowest BCUT2D eigenvalue weighted by Gasteiger charge is -2.03. The molecule has 28 heavy (non-hydrogen) atoms. The molecule has 8 heteroatoms. The third kappa shape index (κ3) is 9.71. The van der Waals surface area contributed by atoms with E-state index in [1.807, 2.05) is 0 Å². The van der Waals surface area contributed by atoms with Crippen molar-refractivity contribution >= 4 is 23.9 Å². The van der Waals surface area contributed by atoms with E-state index in [2.05, 4.69) is 0 Å². The Kier molecular flexibility index (Phi) is 8.88. The highest BCUT2D eigenvalue weighted by Gasteiger charge is 2.03. The molecule has 0 fully saturated rings. The van der Waals surface area contributed by atoms with Crippen molar-refractivity contribution in [3.63, 3.8) is 0 Å². The molecule has 0 radical (unpaired) electrons. The third-order valence-corrected chi connectivity index (χ3v) is 2.66. The first-order chi connectivity index (χ1) is 13.2. The second-order valence-corrected chi connectivity index (χ2v) is 5.32. The molecule has 0 atom stereocenters. The monoisotopic (exact) mass is 388 g/mol. The molecule has 8 nitrogen and oxygen atoms in total. The Morgan fingerprint density at radius 3 is 0.893 bits per heavy atom. The minimum absolute atomic E-state index is 0.358. The molecular weight excluding hydrogens is 368 g/mol. The van der Waals surface area contributed by atoms with Crippen LogP contribution < -0.4 is 18.9 Å². The molecule has 2 rings (SSSR count). The van der Waals surface area contributed by atoms with Crippen molar-refractivity contribution in [2.45, 2.75) is 27.7 Å². The fourth-order valence-electron chi connectivity index (χ4n) is 1.87. The van der Waals surface area contributed by atoms with E-state index in [1.165, 1.54) is 39.8 Å². The zero-order valence-corrected chi connectivity index (χ0v) is 15.9. The molecule has 0 spiro atoms. The number of carbonyl (C=O) groups excluding carboxylic acids is 4. The topological polar surface area (TPSA) is 105 Å². The zero-order chi connectivity index (χ0) is 21.1. The van der Waals surface area contributed by atoms with Gasteiger partial charge in [0.1, 0.15) is 23.0 Å². The van der Waals surface area contributed by atoms with Gasteiger partial charge in [-0.2, -0.15) is 0 Å². The van der Waals surface area contributed by atoms with Gasteiger partial charge in [-0.25, -0.2) is 0 Å². The van der Waals surface area contributed by atoms with Crippen LogP contribution in [-0.2, 0) is 19.2 Å². The summed E-state index contributed by atoms with van der Waals surface area (Å²) in [6, 6.07) is 12.6. The normalized spacial score (nSPS) is 9.29. The molecule has 0 N–H and O–H groups in total. The van der Waals surface area contributed by atoms with Crippen LogP contribution in [0.2, 0.25) is 0 Å². The molecule has 0 aliphatic heterocycles. The summed E-state index contributed by atoms with van der Waals surface area (Å²) in [6.07, 6.45) is 0. The number of ether oxygens (including phenoxy) is 4. The fraction of sp³-hybridized carbons (Fsp3) is 0.200. The maximum absolute atomic E-state index is 10.6. The molecule has 0 aliphatic rings. The highest BCUT2D eigenvalue weighted by Crippen LogP contribution is 2.20. The van der Waals surface area contributed by atoms with E-state index < -0.39 is 23.9 Å². The summed E-state index contributed by atoms with van der Waals surface area (Å²) in [4.78, 5) is 42.5. The van der Waals surface area contributed by atoms with E-state index in [4.69, 9.17) is 18.9 Å². The number of hydrogen-bond acceptors (Lipinski definition) is 8. The Labute approximate surface area is 162 Å². The van der Waals surface area contributed by atoms with Crippen LogP contribution in [0.5, 0.6) is 23.0 Å². The first-order valence-corrected chi connectivity index (χ1v) is 8.09. The SMILES string of the molecule is CC(=O)Oc1cccc(OC(C)=O)c1.CC(=O)Oc1cccc(OC(C)=O)c1. The van der Waals surface area contributed by atoms with Gasteiger partial charge in [0.15, 0.2) is 0 Å². The van der Waals surface area contributed by atoms with E-state index in [9.17, 15) is 19.2 Å². The average Bonchev–Trinajstić information content (AvgIpc) is 2.53. The summed E-state index contributed by atoms with van der Waals surface area (Å²) in [5, 5.41) is 0. The predicted octanol–water partition coefficient (Wildman–Crippen LogP) is 3.07. The zero-order valence-electron chi connectivity index (χ0n) is 15.9. The average molecular weight is 388 g/mol. The third-order valence-electron chi connectivity index (χ3n) is 2.66. The highest BCUT2D eigenvalue weighted by molar-refractivity contribution is 5.71. The van der Waals surface area contributed by atoms with Crippen LogP contribution in [0.4, 0.5) is 0 Å². The molecule has 0 heterocycles. The van der Waals surface area contributed by atoms with Gasteiger partial charge in [-0.3, -0.25) is 19.2 Å². The number of rotatable bonds is 4. The largest absolute Gasteiger partial charge is 0.427 e. The summed E-state index contributed by atoms with van der Waals surface area (Å²) >= 11 is 0. The standard InChI is InChI=1S/2C10H10O4/c2*1-7(11)13-9-4-3-5-10(6-9)14-8(2)12/h2*3-6H,1-2H3. The van der Waals surface area contributed by atoms with Gasteiger partial charge in [-0.1, -0.05) is 12.1 Å². The van der Waals surface area contributed by atoms with Gasteiger partial charge in [0, 0.05) is 39.8 Å². The van der Waals surface area contributed by atoms with E-state index in [0.29, 0.717) is 23.0 Å². The first kappa shape index (κ1) is 22.4. The highest BCUT2D eigenvalue weighted by atomic mass is 16.6. The van der Waals surface area contributed by atoms with Gasteiger partial charge in [0.2, 0.25) is 0 Å². The number of esters is 4. The van der Waals surface area contributed by atoms with Crippen molar-refractivity contribution in [1.82, 2.24) is 0 Å². The van der Waals surface area contributed by atoms with Crippen LogP contribution in [0.25, 0.3) is 0 Å². The molecule has 0 aliphatic carbocycles. The summed E-state index contributed by atoms with van der Waals surface area (Å²) in [5.41, 5.74) is 0. The number of hydrogen-bond donors (Lipinski definition) is 0. The predicted molar refractivity (Wildman–Crippen MR) is 98.1 cm³/mol. The maximum atomic E-state index is 10.6. The second-order valence-electron chi connectivity index (χ2n) is 5.32. The lowest BCUT2D eigenvalue weighted by Crippen LogP contribution is -2.03. The summed E-state index contributed by atoms with van der Waals surface area (Å²) in [7, 11) is 0. The van der Waals surface area contributed by atoms with E-state index in [-0.39, 0.29) is 0 Å². The molecule has 148 valence electrons. The Balaban J connectivity index is 0.000000280. The first-order valence-electron chi connectivity index (χ1n) is 8.09. The lowest BCUT2D eigenvalue weighted by atomic mass is 10.3. The van der Waals surface area contributed by atoms with Crippen molar-refractivity contribution in [1.29, 1.82) is 0 Å². The van der Waals surface area contributed by atoms with Crippen LogP contribution in [0.1, 0.15) is 27.7 Å². The summed E-state index contributed by atoms with van der Waals surface area (Å²) in [5.74, 6) is -0.218. The minimum Gasteiger partial charge on any atom is -0.427 e. The Morgan fingerprint density at radius 2 is 0.714 bits per heavy atom. The maximum Gasteiger partial charge on any atom is 0.308 e. The van der Waals surface area contributed by atoms with Crippen molar-refractivity contribution in [3.05, 3.63) is 48.5 Å². The minimum atomic E-state index is -0.412. The van der Waals surface area contributed by atoms with Crippen LogP contribution in [0.3, 0.4) is 0 Å². The smallest absolute Gasteiger partial charge is 0.308 e. The Bertz CT molecular complexity index is 723. The molecule has 0 saturated heterocycles. The van der Waals surface area contributed by atoms with Crippen LogP contribution in [0.15, 0.2) is 48.5 Å². The van der Waals surface area contributed by atoms with E-state index in [0.717, 1.165) is 0 Å². The van der Waals surface area contributed by atoms with Crippen LogP contribution in [0, 0.1) is 0 Å². The molecule has 0 aromatic heterocycles. The van der Waals surface area contributed by atoms with Gasteiger partial charge in [0.25, 0.3) is 0 Å². The summed E-state index contributed by atoms with van der Waals surface area (Å²) < 4.78 is 19.2. The molecule has 2 aromatic rings. The van der Waals surface area contributed by atoms with E-state index in [1.54, 1.807) is 36.4 Å². The lowest BCUT2D eigenvalue weighted by molar-refractivity contribution is -0.133. The molecule has 0 saturated carbocycles. The van der Waals surface area contributed by atoms with Gasteiger partial charge >= 0.3 is 23.9 Å². The molecule has 0 bridgehead atoms. The van der Waals surface area contributed by atoms with Gasteiger partial charge in [-0.15, -0.1) is 0 Å². The second kappa shape index (κ2) is 11.1. The fourth-order valence-corrected chi connectivity index (χ4v) is 1.87. The van der Waals surface area contributed by atoms with Crippen LogP contribution in [-0.4, -0.2) is 23.9 Å². The molecule has 0 amide bonds. The quantitative estimate of drug-likeness (QED) is 0.581. The van der Waals surface area contributed by atoms with Crippen molar-refractivity contribution < 1.29 is 38.1 Å². The number of benzene rings is 2. The number of carbonyl (C=O) groups is 4. The van der Waals surface area contributed by atoms with Crippen molar-refractivity contribution in [2.24, 2.45) is 0 Å². The molecular formula is C20H20O8. The van der Waals surface area contributed by atoms with Crippen molar-refractivity contribution in [3.8, 4) is 23.0 Å². The van der Waals surface area contributed by atoms with E-state index >= 15 is 0 Å². The Hall–Kier alpha value is -3.68.